The van der Waals surface area contributed by atoms with Crippen molar-refractivity contribution >= 4 is 0 Å². The number of ether oxygens (including phenoxy) is 2. The van der Waals surface area contributed by atoms with Crippen LogP contribution in [0.3, 0.4) is 0 Å². The molecule has 114 valence electrons. The highest BCUT2D eigenvalue weighted by molar-refractivity contribution is 5.03. The molecule has 1 aliphatic rings. The van der Waals surface area contributed by atoms with E-state index in [1.54, 1.807) is 0 Å². The van der Waals surface area contributed by atoms with E-state index in [-0.39, 0.29) is 13.0 Å². The summed E-state index contributed by atoms with van der Waals surface area (Å²) in [6.07, 6.45) is -3.05. The minimum absolute atomic E-state index is 0.126. The SMILES string of the molecule is NC1(c2nc(CCOCC(F)(F)F)no2)CCOCC1. The van der Waals surface area contributed by atoms with Gasteiger partial charge in [0.1, 0.15) is 12.1 Å². The lowest BCUT2D eigenvalue weighted by molar-refractivity contribution is -0.173. The van der Waals surface area contributed by atoms with Gasteiger partial charge in [-0.05, 0) is 12.8 Å². The van der Waals surface area contributed by atoms with Crippen LogP contribution in [0.1, 0.15) is 24.6 Å². The number of aromatic nitrogens is 2. The summed E-state index contributed by atoms with van der Waals surface area (Å²) in [6, 6.07) is 0. The molecule has 20 heavy (non-hydrogen) atoms. The van der Waals surface area contributed by atoms with Crippen molar-refractivity contribution < 1.29 is 27.2 Å². The number of nitrogens with two attached hydrogens (primary N) is 1. The van der Waals surface area contributed by atoms with Gasteiger partial charge in [0, 0.05) is 19.6 Å². The van der Waals surface area contributed by atoms with Crippen LogP contribution in [0.4, 0.5) is 13.2 Å². The lowest BCUT2D eigenvalue weighted by atomic mass is 9.91. The van der Waals surface area contributed by atoms with Gasteiger partial charge in [0.25, 0.3) is 0 Å². The summed E-state index contributed by atoms with van der Waals surface area (Å²) in [5.41, 5.74) is 5.44. The van der Waals surface area contributed by atoms with Crippen molar-refractivity contribution in [1.82, 2.24) is 10.1 Å². The third-order valence-electron chi connectivity index (χ3n) is 3.01. The third-order valence-corrected chi connectivity index (χ3v) is 3.01. The molecule has 0 unspecified atom stereocenters. The highest BCUT2D eigenvalue weighted by atomic mass is 19.4. The molecule has 1 aromatic heterocycles. The fourth-order valence-corrected chi connectivity index (χ4v) is 1.86. The van der Waals surface area contributed by atoms with E-state index in [0.717, 1.165) is 0 Å². The predicted octanol–water partition coefficient (Wildman–Crippen LogP) is 1.16. The maximum absolute atomic E-state index is 11.9. The highest BCUT2D eigenvalue weighted by Gasteiger charge is 2.35. The van der Waals surface area contributed by atoms with Crippen molar-refractivity contribution in [1.29, 1.82) is 0 Å². The number of halogens is 3. The van der Waals surface area contributed by atoms with Crippen LogP contribution in [0.5, 0.6) is 0 Å². The Morgan fingerprint density at radius 3 is 2.65 bits per heavy atom. The van der Waals surface area contributed by atoms with Crippen LogP contribution in [0, 0.1) is 0 Å². The molecule has 2 heterocycles. The van der Waals surface area contributed by atoms with Crippen LogP contribution in [0.25, 0.3) is 0 Å². The van der Waals surface area contributed by atoms with Gasteiger partial charge in [-0.3, -0.25) is 0 Å². The number of nitrogens with zero attached hydrogens (tertiary/aromatic N) is 2. The Balaban J connectivity index is 1.83. The van der Waals surface area contributed by atoms with E-state index >= 15 is 0 Å². The summed E-state index contributed by atoms with van der Waals surface area (Å²) in [6.45, 7) is -0.374. The second-order valence-corrected chi connectivity index (χ2v) is 4.70. The maximum Gasteiger partial charge on any atom is 0.411 e. The van der Waals surface area contributed by atoms with Gasteiger partial charge in [-0.2, -0.15) is 18.2 Å². The van der Waals surface area contributed by atoms with Gasteiger partial charge in [0.05, 0.1) is 6.61 Å². The molecule has 9 heteroatoms. The van der Waals surface area contributed by atoms with E-state index in [9.17, 15) is 13.2 Å². The van der Waals surface area contributed by atoms with Crippen molar-refractivity contribution in [2.24, 2.45) is 5.73 Å². The molecule has 1 fully saturated rings. The van der Waals surface area contributed by atoms with Gasteiger partial charge in [-0.15, -0.1) is 0 Å². The summed E-state index contributed by atoms with van der Waals surface area (Å²) >= 11 is 0. The molecule has 0 spiro atoms. The Kier molecular flexibility index (Phi) is 4.61. The third kappa shape index (κ3) is 4.15. The fraction of sp³-hybridized carbons (Fsp3) is 0.818. The number of alkyl halides is 3. The predicted molar refractivity (Wildman–Crippen MR) is 60.8 cm³/mol. The first kappa shape index (κ1) is 15.2. The largest absolute Gasteiger partial charge is 0.411 e. The molecule has 1 aliphatic heterocycles. The quantitative estimate of drug-likeness (QED) is 0.821. The standard InChI is InChI=1S/C11H16F3N3O3/c12-11(13,14)7-19-4-1-8-16-9(20-17-8)10(15)2-5-18-6-3-10/h1-7,15H2. The van der Waals surface area contributed by atoms with Gasteiger partial charge in [0.2, 0.25) is 5.89 Å². The minimum Gasteiger partial charge on any atom is -0.381 e. The van der Waals surface area contributed by atoms with Gasteiger partial charge in [0.15, 0.2) is 5.82 Å². The van der Waals surface area contributed by atoms with E-state index in [0.29, 0.717) is 37.8 Å². The van der Waals surface area contributed by atoms with Crippen molar-refractivity contribution in [3.63, 3.8) is 0 Å². The summed E-state index contributed by atoms with van der Waals surface area (Å²) in [5.74, 6) is 0.588. The molecule has 1 saturated heterocycles. The molecular weight excluding hydrogens is 279 g/mol. The number of hydrogen-bond acceptors (Lipinski definition) is 6. The summed E-state index contributed by atoms with van der Waals surface area (Å²) < 4.78 is 50.4. The van der Waals surface area contributed by atoms with E-state index < -0.39 is 18.3 Å². The average molecular weight is 295 g/mol. The highest BCUT2D eigenvalue weighted by Crippen LogP contribution is 2.27. The van der Waals surface area contributed by atoms with E-state index in [2.05, 4.69) is 14.9 Å². The smallest absolute Gasteiger partial charge is 0.381 e. The number of rotatable bonds is 5. The first-order valence-corrected chi connectivity index (χ1v) is 6.23. The zero-order valence-electron chi connectivity index (χ0n) is 10.8. The first-order chi connectivity index (χ1) is 9.39. The summed E-state index contributed by atoms with van der Waals surface area (Å²) in [5, 5.41) is 3.70. The second-order valence-electron chi connectivity index (χ2n) is 4.70. The first-order valence-electron chi connectivity index (χ1n) is 6.23. The average Bonchev–Trinajstić information content (AvgIpc) is 2.84. The normalized spacial score (nSPS) is 19.2. The molecule has 0 atom stereocenters. The van der Waals surface area contributed by atoms with E-state index in [1.807, 2.05) is 0 Å². The van der Waals surface area contributed by atoms with Crippen LogP contribution in [-0.2, 0) is 21.4 Å². The monoisotopic (exact) mass is 295 g/mol. The molecule has 2 N–H and O–H groups in total. The number of hydrogen-bond donors (Lipinski definition) is 1. The van der Waals surface area contributed by atoms with Gasteiger partial charge in [-0.1, -0.05) is 5.16 Å². The maximum atomic E-state index is 11.9. The van der Waals surface area contributed by atoms with E-state index in [1.165, 1.54) is 0 Å². The zero-order chi connectivity index (χ0) is 14.6. The summed E-state index contributed by atoms with van der Waals surface area (Å²) in [7, 11) is 0. The van der Waals surface area contributed by atoms with Crippen LogP contribution >= 0.6 is 0 Å². The Bertz CT molecular complexity index is 430. The molecule has 0 radical (unpaired) electrons. The van der Waals surface area contributed by atoms with Crippen LogP contribution in [-0.4, -0.2) is 42.7 Å². The molecule has 0 saturated carbocycles. The van der Waals surface area contributed by atoms with Gasteiger partial charge >= 0.3 is 6.18 Å². The molecule has 0 amide bonds. The molecule has 2 rings (SSSR count). The molecular formula is C11H16F3N3O3. The molecule has 0 aromatic carbocycles. The van der Waals surface area contributed by atoms with Crippen molar-refractivity contribution in [3.05, 3.63) is 11.7 Å². The van der Waals surface area contributed by atoms with Gasteiger partial charge in [-0.25, -0.2) is 0 Å². The van der Waals surface area contributed by atoms with Crippen LogP contribution in [0.15, 0.2) is 4.52 Å². The Hall–Kier alpha value is -1.19. The van der Waals surface area contributed by atoms with Gasteiger partial charge < -0.3 is 19.7 Å². The second kappa shape index (κ2) is 6.06. The summed E-state index contributed by atoms with van der Waals surface area (Å²) in [4.78, 5) is 4.12. The van der Waals surface area contributed by atoms with Crippen molar-refractivity contribution in [3.8, 4) is 0 Å². The lowest BCUT2D eigenvalue weighted by Gasteiger charge is -2.29. The fourth-order valence-electron chi connectivity index (χ4n) is 1.86. The lowest BCUT2D eigenvalue weighted by Crippen LogP contribution is -2.42. The van der Waals surface area contributed by atoms with Crippen molar-refractivity contribution in [2.75, 3.05) is 26.4 Å². The molecule has 0 aliphatic carbocycles. The van der Waals surface area contributed by atoms with Crippen LogP contribution < -0.4 is 5.73 Å². The van der Waals surface area contributed by atoms with Crippen LogP contribution in [0.2, 0.25) is 0 Å². The minimum atomic E-state index is -4.33. The van der Waals surface area contributed by atoms with E-state index in [4.69, 9.17) is 15.0 Å². The Labute approximate surface area is 113 Å². The van der Waals surface area contributed by atoms with Crippen molar-refractivity contribution in [2.45, 2.75) is 31.0 Å². The zero-order valence-corrected chi connectivity index (χ0v) is 10.8. The Morgan fingerprint density at radius 2 is 2.00 bits per heavy atom. The topological polar surface area (TPSA) is 83.4 Å². The molecule has 0 bridgehead atoms. The Morgan fingerprint density at radius 1 is 1.30 bits per heavy atom. The molecule has 6 nitrogen and oxygen atoms in total. The molecule has 1 aromatic rings.